The Morgan fingerprint density at radius 1 is 1.20 bits per heavy atom. The smallest absolute Gasteiger partial charge is 0.0558 e. The molecule has 1 aromatic rings. The number of nitrogens with two attached hydrogens (primary N) is 1. The van der Waals surface area contributed by atoms with Gasteiger partial charge in [0.15, 0.2) is 0 Å². The van der Waals surface area contributed by atoms with Gasteiger partial charge >= 0.3 is 0 Å². The van der Waals surface area contributed by atoms with Crippen molar-refractivity contribution >= 4 is 0 Å². The van der Waals surface area contributed by atoms with Crippen LogP contribution in [0.5, 0.6) is 0 Å². The van der Waals surface area contributed by atoms with Crippen LogP contribution in [-0.2, 0) is 0 Å². The molecule has 0 aliphatic carbocycles. The summed E-state index contributed by atoms with van der Waals surface area (Å²) in [5.74, 6) is 0. The Morgan fingerprint density at radius 2 is 1.90 bits per heavy atom. The zero-order chi connectivity index (χ0) is 15.0. The molecule has 3 heteroatoms. The summed E-state index contributed by atoms with van der Waals surface area (Å²) in [6.07, 6.45) is 3.23. The molecule has 0 bridgehead atoms. The van der Waals surface area contributed by atoms with Crippen molar-refractivity contribution in [2.75, 3.05) is 19.7 Å². The lowest BCUT2D eigenvalue weighted by molar-refractivity contribution is 0.130. The van der Waals surface area contributed by atoms with Gasteiger partial charge in [-0.15, -0.1) is 0 Å². The molecule has 20 heavy (non-hydrogen) atoms. The summed E-state index contributed by atoms with van der Waals surface area (Å²) in [5.41, 5.74) is 8.97. The molecule has 0 radical (unpaired) electrons. The van der Waals surface area contributed by atoms with E-state index >= 15 is 0 Å². The number of benzene rings is 1. The van der Waals surface area contributed by atoms with E-state index in [1.54, 1.807) is 0 Å². The van der Waals surface area contributed by atoms with Crippen LogP contribution in [0.4, 0.5) is 0 Å². The van der Waals surface area contributed by atoms with Crippen LogP contribution in [0.3, 0.4) is 0 Å². The highest BCUT2D eigenvalue weighted by atomic mass is 16.3. The maximum Gasteiger partial charge on any atom is 0.0558 e. The van der Waals surface area contributed by atoms with Gasteiger partial charge in [0, 0.05) is 12.6 Å². The average Bonchev–Trinajstić information content (AvgIpc) is 2.46. The highest BCUT2D eigenvalue weighted by molar-refractivity contribution is 5.30. The molecular formula is C17H30N2O. The van der Waals surface area contributed by atoms with E-state index in [-0.39, 0.29) is 18.7 Å². The molecule has 3 N–H and O–H groups in total. The third-order valence-electron chi connectivity index (χ3n) is 3.96. The van der Waals surface area contributed by atoms with Crippen LogP contribution < -0.4 is 5.73 Å². The van der Waals surface area contributed by atoms with E-state index in [9.17, 15) is 5.11 Å². The lowest BCUT2D eigenvalue weighted by Gasteiger charge is -2.36. The van der Waals surface area contributed by atoms with Crippen molar-refractivity contribution in [1.82, 2.24) is 4.90 Å². The Kier molecular flexibility index (Phi) is 7.82. The van der Waals surface area contributed by atoms with Crippen LogP contribution in [-0.4, -0.2) is 35.7 Å². The fourth-order valence-corrected chi connectivity index (χ4v) is 2.72. The van der Waals surface area contributed by atoms with E-state index in [2.05, 4.69) is 49.9 Å². The lowest BCUT2D eigenvalue weighted by Crippen LogP contribution is -2.43. The summed E-state index contributed by atoms with van der Waals surface area (Å²) in [5, 5.41) is 9.37. The highest BCUT2D eigenvalue weighted by Crippen LogP contribution is 2.27. The molecular weight excluding hydrogens is 248 g/mol. The normalized spacial score (nSPS) is 14.5. The molecule has 1 aromatic carbocycles. The van der Waals surface area contributed by atoms with Crippen molar-refractivity contribution in [2.45, 2.75) is 52.1 Å². The first-order valence-corrected chi connectivity index (χ1v) is 7.81. The maximum atomic E-state index is 9.37. The summed E-state index contributed by atoms with van der Waals surface area (Å²) in [7, 11) is 0. The predicted octanol–water partition coefficient (Wildman–Crippen LogP) is 2.87. The Hall–Kier alpha value is -0.900. The molecule has 0 spiro atoms. The van der Waals surface area contributed by atoms with Gasteiger partial charge in [0.05, 0.1) is 12.6 Å². The van der Waals surface area contributed by atoms with Crippen LogP contribution in [0.2, 0.25) is 0 Å². The van der Waals surface area contributed by atoms with E-state index < -0.39 is 0 Å². The van der Waals surface area contributed by atoms with Gasteiger partial charge in [0.1, 0.15) is 0 Å². The number of unbranched alkanes of at least 4 members (excludes halogenated alkanes) is 1. The average molecular weight is 278 g/mol. The number of aryl methyl sites for hydroxylation is 1. The highest BCUT2D eigenvalue weighted by Gasteiger charge is 2.26. The fraction of sp³-hybridized carbons (Fsp3) is 0.647. The van der Waals surface area contributed by atoms with Crippen molar-refractivity contribution in [3.8, 4) is 0 Å². The number of aliphatic hydroxyl groups is 1. The first-order chi connectivity index (χ1) is 9.65. The summed E-state index contributed by atoms with van der Waals surface area (Å²) >= 11 is 0. The zero-order valence-electron chi connectivity index (χ0n) is 13.2. The summed E-state index contributed by atoms with van der Waals surface area (Å²) in [6, 6.07) is 8.75. The molecule has 3 nitrogen and oxygen atoms in total. The van der Waals surface area contributed by atoms with E-state index in [0.29, 0.717) is 6.54 Å². The van der Waals surface area contributed by atoms with Gasteiger partial charge in [-0.05, 0) is 37.4 Å². The Labute approximate surface area is 123 Å². The van der Waals surface area contributed by atoms with Crippen molar-refractivity contribution in [1.29, 1.82) is 0 Å². The first kappa shape index (κ1) is 17.2. The molecule has 0 saturated carbocycles. The number of hydrogen-bond donors (Lipinski definition) is 2. The van der Waals surface area contributed by atoms with Gasteiger partial charge in [0.25, 0.3) is 0 Å². The summed E-state index contributed by atoms with van der Waals surface area (Å²) in [6.45, 7) is 8.33. The quantitative estimate of drug-likeness (QED) is 0.730. The standard InChI is InChI=1S/C17H30N2O/c1-4-6-11-19(12-13-20)17(16(18)5-2)15-10-8-7-9-14(15)3/h7-10,16-17,20H,4-6,11-13,18H2,1-3H3. The van der Waals surface area contributed by atoms with Crippen molar-refractivity contribution in [3.63, 3.8) is 0 Å². The molecule has 0 saturated heterocycles. The minimum absolute atomic E-state index is 0.0968. The summed E-state index contributed by atoms with van der Waals surface area (Å²) in [4.78, 5) is 2.35. The van der Waals surface area contributed by atoms with E-state index in [1.165, 1.54) is 11.1 Å². The second kappa shape index (κ2) is 9.11. The largest absolute Gasteiger partial charge is 0.395 e. The van der Waals surface area contributed by atoms with E-state index in [4.69, 9.17) is 5.73 Å². The first-order valence-electron chi connectivity index (χ1n) is 7.81. The Bertz CT molecular complexity index is 381. The van der Waals surface area contributed by atoms with Crippen molar-refractivity contribution < 1.29 is 5.11 Å². The van der Waals surface area contributed by atoms with Crippen LogP contribution in [0.1, 0.15) is 50.3 Å². The van der Waals surface area contributed by atoms with Crippen LogP contribution in [0.15, 0.2) is 24.3 Å². The molecule has 2 unspecified atom stereocenters. The third-order valence-corrected chi connectivity index (χ3v) is 3.96. The molecule has 0 fully saturated rings. The fourth-order valence-electron chi connectivity index (χ4n) is 2.72. The van der Waals surface area contributed by atoms with Gasteiger partial charge < -0.3 is 10.8 Å². The van der Waals surface area contributed by atoms with E-state index in [0.717, 1.165) is 25.8 Å². The molecule has 0 amide bonds. The van der Waals surface area contributed by atoms with E-state index in [1.807, 2.05) is 0 Å². The molecule has 0 aliphatic rings. The molecule has 1 rings (SSSR count). The number of rotatable bonds is 9. The van der Waals surface area contributed by atoms with Crippen molar-refractivity contribution in [3.05, 3.63) is 35.4 Å². The van der Waals surface area contributed by atoms with Gasteiger partial charge in [-0.3, -0.25) is 4.90 Å². The van der Waals surface area contributed by atoms with Crippen LogP contribution >= 0.6 is 0 Å². The Balaban J connectivity index is 3.05. The van der Waals surface area contributed by atoms with Crippen LogP contribution in [0.25, 0.3) is 0 Å². The second-order valence-electron chi connectivity index (χ2n) is 5.49. The van der Waals surface area contributed by atoms with Crippen molar-refractivity contribution in [2.24, 2.45) is 5.73 Å². The van der Waals surface area contributed by atoms with Gasteiger partial charge in [-0.25, -0.2) is 0 Å². The minimum Gasteiger partial charge on any atom is -0.395 e. The van der Waals surface area contributed by atoms with Gasteiger partial charge in [-0.2, -0.15) is 0 Å². The monoisotopic (exact) mass is 278 g/mol. The molecule has 2 atom stereocenters. The molecule has 0 heterocycles. The third kappa shape index (κ3) is 4.58. The van der Waals surface area contributed by atoms with Gasteiger partial charge in [0.2, 0.25) is 0 Å². The topological polar surface area (TPSA) is 49.5 Å². The summed E-state index contributed by atoms with van der Waals surface area (Å²) < 4.78 is 0. The molecule has 114 valence electrons. The number of nitrogens with zero attached hydrogens (tertiary/aromatic N) is 1. The number of aliphatic hydroxyl groups excluding tert-OH is 1. The van der Waals surface area contributed by atoms with Gasteiger partial charge in [-0.1, -0.05) is 44.5 Å². The maximum absolute atomic E-state index is 9.37. The Morgan fingerprint density at radius 3 is 2.45 bits per heavy atom. The number of hydrogen-bond acceptors (Lipinski definition) is 3. The van der Waals surface area contributed by atoms with Crippen LogP contribution in [0, 0.1) is 6.92 Å². The minimum atomic E-state index is 0.0968. The lowest BCUT2D eigenvalue weighted by atomic mass is 9.92. The molecule has 0 aromatic heterocycles. The second-order valence-corrected chi connectivity index (χ2v) is 5.49. The zero-order valence-corrected chi connectivity index (χ0v) is 13.2. The molecule has 0 aliphatic heterocycles. The SMILES string of the molecule is CCCCN(CCO)C(c1ccccc1C)C(N)CC. The predicted molar refractivity (Wildman–Crippen MR) is 85.8 cm³/mol.